The maximum absolute atomic E-state index is 12.2. The van der Waals surface area contributed by atoms with Crippen LogP contribution in [0.4, 0.5) is 0 Å². The molecule has 1 N–H and O–H groups in total. The van der Waals surface area contributed by atoms with Crippen molar-refractivity contribution in [3.63, 3.8) is 0 Å². The summed E-state index contributed by atoms with van der Waals surface area (Å²) in [5, 5.41) is 8.97. The molecule has 1 atom stereocenters. The molecule has 0 saturated carbocycles. The van der Waals surface area contributed by atoms with Gasteiger partial charge >= 0.3 is 5.97 Å². The van der Waals surface area contributed by atoms with Crippen LogP contribution < -0.4 is 9.47 Å². The smallest absolute Gasteiger partial charge is 0.308 e. The number of carboxylic acids is 1. The maximum Gasteiger partial charge on any atom is 0.308 e. The summed E-state index contributed by atoms with van der Waals surface area (Å²) in [5.41, 5.74) is 0.957. The highest BCUT2D eigenvalue weighted by Crippen LogP contribution is 2.24. The number of hydrogen-bond acceptors (Lipinski definition) is 4. The molecule has 0 bridgehead atoms. The lowest BCUT2D eigenvalue weighted by atomic mass is 10.1. The summed E-state index contributed by atoms with van der Waals surface area (Å²) in [4.78, 5) is 24.7. The van der Waals surface area contributed by atoms with Gasteiger partial charge in [-0.1, -0.05) is 0 Å². The summed E-state index contributed by atoms with van der Waals surface area (Å²) in [5.74, 6) is 0.113. The first-order chi connectivity index (χ1) is 10.5. The Labute approximate surface area is 129 Å². The summed E-state index contributed by atoms with van der Waals surface area (Å²) in [7, 11) is 3.17. The molecule has 1 aromatic carbocycles. The molecule has 1 aliphatic heterocycles. The Bertz CT molecular complexity index is 535. The van der Waals surface area contributed by atoms with Crippen LogP contribution in [0.15, 0.2) is 18.2 Å². The van der Waals surface area contributed by atoms with Gasteiger partial charge in [0.15, 0.2) is 0 Å². The van der Waals surface area contributed by atoms with Crippen LogP contribution in [-0.4, -0.2) is 49.2 Å². The summed E-state index contributed by atoms with van der Waals surface area (Å²) >= 11 is 0. The first-order valence-electron chi connectivity index (χ1n) is 7.26. The molecule has 0 unspecified atom stereocenters. The zero-order chi connectivity index (χ0) is 16.1. The Kier molecular flexibility index (Phi) is 5.25. The summed E-state index contributed by atoms with van der Waals surface area (Å²) in [6.45, 7) is 0.840. The van der Waals surface area contributed by atoms with Crippen LogP contribution in [0.3, 0.4) is 0 Å². The molecule has 0 spiro atoms. The zero-order valence-electron chi connectivity index (χ0n) is 12.9. The predicted octanol–water partition coefficient (Wildman–Crippen LogP) is 1.57. The fourth-order valence-corrected chi connectivity index (χ4v) is 2.61. The molecule has 6 heteroatoms. The molecule has 1 fully saturated rings. The van der Waals surface area contributed by atoms with E-state index >= 15 is 0 Å². The molecule has 2 rings (SSSR count). The molecule has 1 aromatic rings. The van der Waals surface area contributed by atoms with Crippen LogP contribution >= 0.6 is 0 Å². The SMILES string of the molecule is COc1cc(CCC(=O)N2CC[C@@H](C(=O)O)C2)cc(OC)c1. The van der Waals surface area contributed by atoms with Gasteiger partial charge in [0.05, 0.1) is 20.1 Å². The number of methoxy groups -OCH3 is 2. The highest BCUT2D eigenvalue weighted by atomic mass is 16.5. The Morgan fingerprint density at radius 2 is 1.86 bits per heavy atom. The number of nitrogens with zero attached hydrogens (tertiary/aromatic N) is 1. The number of carboxylic acid groups (broad SMARTS) is 1. The van der Waals surface area contributed by atoms with E-state index in [9.17, 15) is 9.59 Å². The number of aliphatic carboxylic acids is 1. The van der Waals surface area contributed by atoms with Crippen molar-refractivity contribution in [2.24, 2.45) is 5.92 Å². The van der Waals surface area contributed by atoms with Crippen LogP contribution in [0.2, 0.25) is 0 Å². The lowest BCUT2D eigenvalue weighted by molar-refractivity contribution is -0.141. The summed E-state index contributed by atoms with van der Waals surface area (Å²) < 4.78 is 10.4. The number of carbonyl (C=O) groups excluding carboxylic acids is 1. The molecule has 1 heterocycles. The van der Waals surface area contributed by atoms with Gasteiger partial charge in [-0.05, 0) is 30.5 Å². The van der Waals surface area contributed by atoms with Crippen molar-refractivity contribution >= 4 is 11.9 Å². The fourth-order valence-electron chi connectivity index (χ4n) is 2.61. The monoisotopic (exact) mass is 307 g/mol. The number of rotatable bonds is 6. The van der Waals surface area contributed by atoms with Crippen molar-refractivity contribution in [2.45, 2.75) is 19.3 Å². The number of ether oxygens (including phenoxy) is 2. The molecule has 1 aliphatic rings. The average molecular weight is 307 g/mol. The van der Waals surface area contributed by atoms with Gasteiger partial charge < -0.3 is 19.5 Å². The van der Waals surface area contributed by atoms with Crippen molar-refractivity contribution in [2.75, 3.05) is 27.3 Å². The molecule has 0 radical (unpaired) electrons. The number of aryl methyl sites for hydroxylation is 1. The van der Waals surface area contributed by atoms with Gasteiger partial charge in [0.25, 0.3) is 0 Å². The zero-order valence-corrected chi connectivity index (χ0v) is 12.9. The Morgan fingerprint density at radius 1 is 1.23 bits per heavy atom. The minimum absolute atomic E-state index is 0.00876. The van der Waals surface area contributed by atoms with Gasteiger partial charge in [-0.15, -0.1) is 0 Å². The number of hydrogen-bond donors (Lipinski definition) is 1. The van der Waals surface area contributed by atoms with E-state index in [0.717, 1.165) is 5.56 Å². The van der Waals surface area contributed by atoms with Crippen LogP contribution in [0, 0.1) is 5.92 Å². The van der Waals surface area contributed by atoms with Gasteiger partial charge in [0, 0.05) is 25.6 Å². The predicted molar refractivity (Wildman–Crippen MR) is 80.2 cm³/mol. The Morgan fingerprint density at radius 3 is 2.36 bits per heavy atom. The lowest BCUT2D eigenvalue weighted by Gasteiger charge is -2.16. The molecule has 22 heavy (non-hydrogen) atoms. The summed E-state index contributed by atoms with van der Waals surface area (Å²) in [6.07, 6.45) is 1.46. The summed E-state index contributed by atoms with van der Waals surface area (Å²) in [6, 6.07) is 5.53. The molecular formula is C16H21NO5. The van der Waals surface area contributed by atoms with Gasteiger partial charge in [-0.2, -0.15) is 0 Å². The van der Waals surface area contributed by atoms with Crippen LogP contribution in [-0.2, 0) is 16.0 Å². The van der Waals surface area contributed by atoms with Gasteiger partial charge in [-0.3, -0.25) is 9.59 Å². The minimum Gasteiger partial charge on any atom is -0.497 e. The topological polar surface area (TPSA) is 76.1 Å². The molecule has 0 aliphatic carbocycles. The van der Waals surface area contributed by atoms with E-state index in [-0.39, 0.29) is 5.91 Å². The average Bonchev–Trinajstić information content (AvgIpc) is 3.02. The first-order valence-corrected chi connectivity index (χ1v) is 7.26. The van der Waals surface area contributed by atoms with Crippen LogP contribution in [0.25, 0.3) is 0 Å². The van der Waals surface area contributed by atoms with Crippen molar-refractivity contribution in [3.05, 3.63) is 23.8 Å². The molecule has 0 aromatic heterocycles. The van der Waals surface area contributed by atoms with E-state index in [2.05, 4.69) is 0 Å². The van der Waals surface area contributed by atoms with E-state index in [4.69, 9.17) is 14.6 Å². The van der Waals surface area contributed by atoms with E-state index in [1.807, 2.05) is 12.1 Å². The fraction of sp³-hybridized carbons (Fsp3) is 0.500. The largest absolute Gasteiger partial charge is 0.497 e. The molecular weight excluding hydrogens is 286 g/mol. The quantitative estimate of drug-likeness (QED) is 0.863. The van der Waals surface area contributed by atoms with Gasteiger partial charge in [-0.25, -0.2) is 0 Å². The van der Waals surface area contributed by atoms with E-state index < -0.39 is 11.9 Å². The van der Waals surface area contributed by atoms with Crippen molar-refractivity contribution < 1.29 is 24.2 Å². The van der Waals surface area contributed by atoms with Crippen LogP contribution in [0.5, 0.6) is 11.5 Å². The van der Waals surface area contributed by atoms with Crippen molar-refractivity contribution in [3.8, 4) is 11.5 Å². The van der Waals surface area contributed by atoms with Gasteiger partial charge in [0.1, 0.15) is 11.5 Å². The highest BCUT2D eigenvalue weighted by molar-refractivity contribution is 5.79. The second kappa shape index (κ2) is 7.15. The third kappa shape index (κ3) is 3.90. The highest BCUT2D eigenvalue weighted by Gasteiger charge is 2.30. The second-order valence-corrected chi connectivity index (χ2v) is 5.38. The number of likely N-dealkylation sites (tertiary alicyclic amines) is 1. The second-order valence-electron chi connectivity index (χ2n) is 5.38. The lowest BCUT2D eigenvalue weighted by Crippen LogP contribution is -2.30. The first kappa shape index (κ1) is 16.1. The minimum atomic E-state index is -0.826. The Hall–Kier alpha value is -2.24. The maximum atomic E-state index is 12.2. The molecule has 1 saturated heterocycles. The van der Waals surface area contributed by atoms with Gasteiger partial charge in [0.2, 0.25) is 5.91 Å². The van der Waals surface area contributed by atoms with E-state index in [1.165, 1.54) is 0 Å². The van der Waals surface area contributed by atoms with Crippen LogP contribution in [0.1, 0.15) is 18.4 Å². The molecule has 6 nitrogen and oxygen atoms in total. The van der Waals surface area contributed by atoms with E-state index in [0.29, 0.717) is 43.9 Å². The number of benzene rings is 1. The standard InChI is InChI=1S/C16H21NO5/c1-21-13-7-11(8-14(9-13)22-2)3-4-15(18)17-6-5-12(10-17)16(19)20/h7-9,12H,3-6,10H2,1-2H3,(H,19,20)/t12-/m1/s1. The van der Waals surface area contributed by atoms with Crippen molar-refractivity contribution in [1.82, 2.24) is 4.90 Å². The third-order valence-corrected chi connectivity index (χ3v) is 3.93. The molecule has 120 valence electrons. The number of carbonyl (C=O) groups is 2. The normalized spacial score (nSPS) is 17.4. The molecule has 1 amide bonds. The van der Waals surface area contributed by atoms with E-state index in [1.54, 1.807) is 25.2 Å². The third-order valence-electron chi connectivity index (χ3n) is 3.93. The number of amides is 1. The van der Waals surface area contributed by atoms with Crippen molar-refractivity contribution in [1.29, 1.82) is 0 Å². The Balaban J connectivity index is 1.93.